The third kappa shape index (κ3) is 3.84. The molecule has 0 aliphatic carbocycles. The number of nitrogens with zero attached hydrogens (tertiary/aromatic N) is 1. The third-order valence-corrected chi connectivity index (χ3v) is 3.44. The van der Waals surface area contributed by atoms with Crippen LogP contribution in [0.5, 0.6) is 0 Å². The van der Waals surface area contributed by atoms with E-state index in [1.807, 2.05) is 0 Å². The summed E-state index contributed by atoms with van der Waals surface area (Å²) in [4.78, 5) is 18.0. The molecule has 1 heterocycles. The van der Waals surface area contributed by atoms with Gasteiger partial charge in [0.15, 0.2) is 0 Å². The fraction of sp³-hybridized carbons (Fsp3) is 0.556. The van der Waals surface area contributed by atoms with Crippen LogP contribution in [-0.4, -0.2) is 15.7 Å². The maximum Gasteiger partial charge on any atom is 0.265 e. The summed E-state index contributed by atoms with van der Waals surface area (Å²) in [6, 6.07) is 0. The number of thioether (sulfide) groups is 1. The summed E-state index contributed by atoms with van der Waals surface area (Å²) < 4.78 is 0.482. The van der Waals surface area contributed by atoms with Crippen molar-refractivity contribution < 1.29 is 0 Å². The standard InChI is InChI=1S/C9H13BrN2OS/c1-6(2)4-14-5-8-11-3-7(10)9(13)12-8/h3,6H,4-5H2,1-2H3,(H,11,12,13). The first kappa shape index (κ1) is 11.8. The Bertz CT molecular complexity index is 351. The molecule has 0 radical (unpaired) electrons. The lowest BCUT2D eigenvalue weighted by Crippen LogP contribution is -2.10. The van der Waals surface area contributed by atoms with Crippen molar-refractivity contribution in [3.8, 4) is 0 Å². The molecule has 0 saturated heterocycles. The molecule has 0 fully saturated rings. The Labute approximate surface area is 95.8 Å². The molecule has 0 spiro atoms. The molecule has 0 aromatic carbocycles. The Balaban J connectivity index is 2.52. The average Bonchev–Trinajstić information content (AvgIpc) is 2.10. The highest BCUT2D eigenvalue weighted by Gasteiger charge is 2.00. The summed E-state index contributed by atoms with van der Waals surface area (Å²) in [5.41, 5.74) is -0.111. The van der Waals surface area contributed by atoms with Crippen LogP contribution < -0.4 is 5.56 Å². The second-order valence-electron chi connectivity index (χ2n) is 3.42. The number of halogens is 1. The molecule has 3 nitrogen and oxygen atoms in total. The van der Waals surface area contributed by atoms with Gasteiger partial charge in [0.05, 0.1) is 5.75 Å². The van der Waals surface area contributed by atoms with Crippen LogP contribution in [0, 0.1) is 5.92 Å². The molecular weight excluding hydrogens is 264 g/mol. The van der Waals surface area contributed by atoms with Crippen LogP contribution in [0.25, 0.3) is 0 Å². The summed E-state index contributed by atoms with van der Waals surface area (Å²) in [7, 11) is 0. The smallest absolute Gasteiger partial charge is 0.265 e. The predicted molar refractivity (Wildman–Crippen MR) is 63.6 cm³/mol. The van der Waals surface area contributed by atoms with E-state index in [4.69, 9.17) is 0 Å². The predicted octanol–water partition coefficient (Wildman–Crippen LogP) is 2.42. The van der Waals surface area contributed by atoms with E-state index < -0.39 is 0 Å². The van der Waals surface area contributed by atoms with E-state index in [1.54, 1.807) is 18.0 Å². The van der Waals surface area contributed by atoms with E-state index in [0.717, 1.165) is 17.3 Å². The highest BCUT2D eigenvalue weighted by atomic mass is 79.9. The first-order chi connectivity index (χ1) is 6.59. The highest BCUT2D eigenvalue weighted by molar-refractivity contribution is 9.10. The molecule has 1 aromatic heterocycles. The minimum atomic E-state index is -0.111. The quantitative estimate of drug-likeness (QED) is 0.919. The van der Waals surface area contributed by atoms with Crippen molar-refractivity contribution in [3.05, 3.63) is 26.8 Å². The van der Waals surface area contributed by atoms with Crippen molar-refractivity contribution in [2.24, 2.45) is 5.92 Å². The zero-order chi connectivity index (χ0) is 10.6. The fourth-order valence-electron chi connectivity index (χ4n) is 0.881. The number of rotatable bonds is 4. The molecule has 0 unspecified atom stereocenters. The molecule has 0 aliphatic rings. The maximum atomic E-state index is 11.2. The lowest BCUT2D eigenvalue weighted by molar-refractivity contribution is 0.749. The second-order valence-corrected chi connectivity index (χ2v) is 5.30. The topological polar surface area (TPSA) is 45.8 Å². The summed E-state index contributed by atoms with van der Waals surface area (Å²) in [6.07, 6.45) is 1.55. The Morgan fingerprint density at radius 1 is 1.64 bits per heavy atom. The Morgan fingerprint density at radius 3 is 2.93 bits per heavy atom. The van der Waals surface area contributed by atoms with E-state index in [2.05, 4.69) is 39.7 Å². The van der Waals surface area contributed by atoms with Gasteiger partial charge < -0.3 is 4.98 Å². The van der Waals surface area contributed by atoms with Crippen molar-refractivity contribution in [1.82, 2.24) is 9.97 Å². The van der Waals surface area contributed by atoms with Crippen molar-refractivity contribution in [2.75, 3.05) is 5.75 Å². The Morgan fingerprint density at radius 2 is 2.36 bits per heavy atom. The number of aromatic nitrogens is 2. The second kappa shape index (κ2) is 5.56. The van der Waals surface area contributed by atoms with Gasteiger partial charge in [-0.2, -0.15) is 11.8 Å². The molecular formula is C9H13BrN2OS. The number of hydrogen-bond donors (Lipinski definition) is 1. The fourth-order valence-corrected chi connectivity index (χ4v) is 2.01. The Kier molecular flexibility index (Phi) is 4.68. The molecule has 5 heteroatoms. The zero-order valence-electron chi connectivity index (χ0n) is 8.21. The maximum absolute atomic E-state index is 11.2. The van der Waals surface area contributed by atoms with E-state index in [1.165, 1.54) is 0 Å². The van der Waals surface area contributed by atoms with Gasteiger partial charge in [-0.15, -0.1) is 0 Å². The summed E-state index contributed by atoms with van der Waals surface area (Å²) >= 11 is 4.89. The van der Waals surface area contributed by atoms with E-state index in [-0.39, 0.29) is 5.56 Å². The van der Waals surface area contributed by atoms with Gasteiger partial charge in [0.1, 0.15) is 10.3 Å². The van der Waals surface area contributed by atoms with Crippen LogP contribution in [0.1, 0.15) is 19.7 Å². The SMILES string of the molecule is CC(C)CSCc1ncc(Br)c(=O)[nH]1. The third-order valence-electron chi connectivity index (χ3n) is 1.50. The van der Waals surface area contributed by atoms with Crippen molar-refractivity contribution >= 4 is 27.7 Å². The van der Waals surface area contributed by atoms with E-state index >= 15 is 0 Å². The molecule has 78 valence electrons. The van der Waals surface area contributed by atoms with Crippen LogP contribution in [0.4, 0.5) is 0 Å². The zero-order valence-corrected chi connectivity index (χ0v) is 10.6. The molecule has 14 heavy (non-hydrogen) atoms. The molecule has 0 amide bonds. The summed E-state index contributed by atoms with van der Waals surface area (Å²) in [6.45, 7) is 4.34. The van der Waals surface area contributed by atoms with Crippen LogP contribution in [0.15, 0.2) is 15.5 Å². The number of aromatic amines is 1. The summed E-state index contributed by atoms with van der Waals surface area (Å²) in [5.74, 6) is 3.26. The number of hydrogen-bond acceptors (Lipinski definition) is 3. The van der Waals surface area contributed by atoms with Crippen molar-refractivity contribution in [2.45, 2.75) is 19.6 Å². The molecule has 1 aromatic rings. The van der Waals surface area contributed by atoms with Crippen molar-refractivity contribution in [3.63, 3.8) is 0 Å². The average molecular weight is 277 g/mol. The lowest BCUT2D eigenvalue weighted by atomic mass is 10.3. The van der Waals surface area contributed by atoms with Gasteiger partial charge in [-0.05, 0) is 27.6 Å². The molecule has 0 atom stereocenters. The summed E-state index contributed by atoms with van der Waals surface area (Å²) in [5, 5.41) is 0. The Hall–Kier alpha value is -0.290. The first-order valence-electron chi connectivity index (χ1n) is 4.41. The number of nitrogens with one attached hydrogen (secondary N) is 1. The van der Waals surface area contributed by atoms with Crippen LogP contribution >= 0.6 is 27.7 Å². The van der Waals surface area contributed by atoms with Gasteiger partial charge in [-0.3, -0.25) is 4.79 Å². The minimum Gasteiger partial charge on any atom is -0.309 e. The monoisotopic (exact) mass is 276 g/mol. The van der Waals surface area contributed by atoms with Gasteiger partial charge >= 0.3 is 0 Å². The molecule has 1 rings (SSSR count). The van der Waals surface area contributed by atoms with Gasteiger partial charge in [0.2, 0.25) is 0 Å². The molecule has 1 N–H and O–H groups in total. The van der Waals surface area contributed by atoms with Gasteiger partial charge in [0, 0.05) is 6.20 Å². The highest BCUT2D eigenvalue weighted by Crippen LogP contribution is 2.12. The molecule has 0 aliphatic heterocycles. The number of H-pyrrole nitrogens is 1. The molecule has 0 bridgehead atoms. The van der Waals surface area contributed by atoms with Crippen molar-refractivity contribution in [1.29, 1.82) is 0 Å². The van der Waals surface area contributed by atoms with Crippen LogP contribution in [0.2, 0.25) is 0 Å². The largest absolute Gasteiger partial charge is 0.309 e. The van der Waals surface area contributed by atoms with Gasteiger partial charge in [-0.25, -0.2) is 4.98 Å². The van der Waals surface area contributed by atoms with E-state index in [0.29, 0.717) is 10.4 Å². The normalized spacial score (nSPS) is 10.9. The van der Waals surface area contributed by atoms with E-state index in [9.17, 15) is 4.79 Å². The van der Waals surface area contributed by atoms with Crippen LogP contribution in [0.3, 0.4) is 0 Å². The van der Waals surface area contributed by atoms with Gasteiger partial charge in [-0.1, -0.05) is 13.8 Å². The lowest BCUT2D eigenvalue weighted by Gasteiger charge is -2.03. The van der Waals surface area contributed by atoms with Crippen LogP contribution in [-0.2, 0) is 5.75 Å². The first-order valence-corrected chi connectivity index (χ1v) is 6.36. The van der Waals surface area contributed by atoms with Gasteiger partial charge in [0.25, 0.3) is 5.56 Å². The molecule has 0 saturated carbocycles. The minimum absolute atomic E-state index is 0.111.